The number of aromatic nitrogens is 3. The lowest BCUT2D eigenvalue weighted by molar-refractivity contribution is -0.136. The highest BCUT2D eigenvalue weighted by Gasteiger charge is 2.28. The Bertz CT molecular complexity index is 2080. The fraction of sp³-hybridized carbons (Fsp3) is 0.0857. The Morgan fingerprint density at radius 3 is 2.06 bits per heavy atom. The largest absolute Gasteiger partial charge is 0.506 e. The normalized spacial score (nSPS) is 11.2. The molecule has 0 radical (unpaired) electrons. The van der Waals surface area contributed by atoms with Crippen LogP contribution in [0, 0.1) is 0 Å². The van der Waals surface area contributed by atoms with Gasteiger partial charge < -0.3 is 20.3 Å². The minimum atomic E-state index is -0.931. The standard InChI is InChI=1S/C22H20N2O5.C13H9N3O2/c1-13(24(14(2)25)15-8-4-3-5-9-15)22(28)29-19-12-18(21(23)27)20(26)17-11-7-6-10-16(17)19;17-13(18-10-4-2-1-3-5-10)9-6-7-11-12(8-9)15-16-14-11/h3-13,26H,1-2H3,(H2,23,27);1-8H,(H,14,15,16). The van der Waals surface area contributed by atoms with E-state index in [1.165, 1.54) is 17.9 Å². The molecule has 0 aliphatic rings. The van der Waals surface area contributed by atoms with Crippen molar-refractivity contribution >= 4 is 51.2 Å². The quantitative estimate of drug-likeness (QED) is 0.158. The second-order valence-electron chi connectivity index (χ2n) is 10.2. The van der Waals surface area contributed by atoms with Gasteiger partial charge in [0.15, 0.2) is 0 Å². The van der Waals surface area contributed by atoms with Crippen LogP contribution in [-0.2, 0) is 9.59 Å². The Morgan fingerprint density at radius 1 is 0.787 bits per heavy atom. The number of ether oxygens (including phenoxy) is 2. The SMILES string of the molecule is CC(=O)N(c1ccccc1)C(C)C(=O)Oc1cc(C(N)=O)c(O)c2ccccc12.O=C(Oc1ccccc1)c1ccc2n[nH]nc2c1. The van der Waals surface area contributed by atoms with Gasteiger partial charge in [-0.3, -0.25) is 14.5 Å². The Hall–Kier alpha value is -6.56. The summed E-state index contributed by atoms with van der Waals surface area (Å²) in [6.07, 6.45) is 0. The number of anilines is 1. The molecule has 1 atom stereocenters. The minimum absolute atomic E-state index is 0.0700. The maximum absolute atomic E-state index is 12.8. The Morgan fingerprint density at radius 2 is 1.40 bits per heavy atom. The van der Waals surface area contributed by atoms with Gasteiger partial charge in [0.25, 0.3) is 5.91 Å². The van der Waals surface area contributed by atoms with Crippen molar-refractivity contribution < 1.29 is 33.8 Å². The molecule has 2 amide bonds. The van der Waals surface area contributed by atoms with Crippen molar-refractivity contribution in [1.29, 1.82) is 0 Å². The van der Waals surface area contributed by atoms with E-state index in [4.69, 9.17) is 15.2 Å². The average Bonchev–Trinajstić information content (AvgIpc) is 3.55. The van der Waals surface area contributed by atoms with Crippen molar-refractivity contribution in [2.75, 3.05) is 4.90 Å². The second-order valence-corrected chi connectivity index (χ2v) is 10.2. The molecule has 6 rings (SSSR count). The molecular formula is C35H29N5O7. The van der Waals surface area contributed by atoms with Crippen molar-refractivity contribution in [3.05, 3.63) is 120 Å². The molecule has 236 valence electrons. The van der Waals surface area contributed by atoms with Crippen molar-refractivity contribution in [3.8, 4) is 17.2 Å². The van der Waals surface area contributed by atoms with Gasteiger partial charge in [0.1, 0.15) is 34.3 Å². The number of hydrogen-bond donors (Lipinski definition) is 3. The summed E-state index contributed by atoms with van der Waals surface area (Å²) in [6, 6.07) is 29.6. The molecule has 1 unspecified atom stereocenters. The third-order valence-electron chi connectivity index (χ3n) is 7.06. The molecule has 0 saturated heterocycles. The van der Waals surface area contributed by atoms with Crippen molar-refractivity contribution in [3.63, 3.8) is 0 Å². The molecule has 0 spiro atoms. The lowest BCUT2D eigenvalue weighted by Crippen LogP contribution is -2.44. The number of aromatic hydroxyl groups is 1. The molecule has 5 aromatic carbocycles. The number of nitrogens with zero attached hydrogens (tertiary/aromatic N) is 3. The molecule has 0 aliphatic carbocycles. The van der Waals surface area contributed by atoms with Crippen LogP contribution in [0.15, 0.2) is 109 Å². The van der Waals surface area contributed by atoms with Crippen LogP contribution in [0.3, 0.4) is 0 Å². The summed E-state index contributed by atoms with van der Waals surface area (Å²) >= 11 is 0. The minimum Gasteiger partial charge on any atom is -0.506 e. The van der Waals surface area contributed by atoms with Crippen LogP contribution in [0.2, 0.25) is 0 Å². The first-order chi connectivity index (χ1) is 22.6. The number of amides is 2. The Labute approximate surface area is 268 Å². The fourth-order valence-corrected chi connectivity index (χ4v) is 4.79. The summed E-state index contributed by atoms with van der Waals surface area (Å²) in [5.41, 5.74) is 7.52. The molecule has 4 N–H and O–H groups in total. The maximum Gasteiger partial charge on any atom is 0.343 e. The van der Waals surface area contributed by atoms with Crippen molar-refractivity contribution in [2.24, 2.45) is 5.73 Å². The fourth-order valence-electron chi connectivity index (χ4n) is 4.79. The number of carbonyl (C=O) groups is 4. The van der Waals surface area contributed by atoms with Crippen LogP contribution in [0.25, 0.3) is 21.8 Å². The van der Waals surface area contributed by atoms with E-state index in [2.05, 4.69) is 15.4 Å². The third kappa shape index (κ3) is 7.23. The first kappa shape index (κ1) is 31.9. The van der Waals surface area contributed by atoms with Crippen LogP contribution in [-0.4, -0.2) is 50.3 Å². The van der Waals surface area contributed by atoms with Crippen molar-refractivity contribution in [2.45, 2.75) is 19.9 Å². The molecule has 0 bridgehead atoms. The summed E-state index contributed by atoms with van der Waals surface area (Å²) in [4.78, 5) is 49.9. The summed E-state index contributed by atoms with van der Waals surface area (Å²) in [7, 11) is 0. The van der Waals surface area contributed by atoms with Crippen LogP contribution in [0.5, 0.6) is 17.2 Å². The monoisotopic (exact) mass is 631 g/mol. The molecule has 12 heteroatoms. The van der Waals surface area contributed by atoms with Gasteiger partial charge >= 0.3 is 11.9 Å². The summed E-state index contributed by atoms with van der Waals surface area (Å²) in [5, 5.41) is 21.4. The molecule has 6 aromatic rings. The van der Waals surface area contributed by atoms with E-state index in [0.717, 1.165) is 0 Å². The van der Waals surface area contributed by atoms with Gasteiger partial charge in [0.2, 0.25) is 5.91 Å². The predicted molar refractivity (Wildman–Crippen MR) is 174 cm³/mol. The van der Waals surface area contributed by atoms with Crippen molar-refractivity contribution in [1.82, 2.24) is 15.4 Å². The average molecular weight is 632 g/mol. The Balaban J connectivity index is 0.000000205. The number of carbonyl (C=O) groups excluding carboxylic acids is 4. The number of fused-ring (bicyclic) bond motifs is 2. The maximum atomic E-state index is 12.8. The molecule has 1 aromatic heterocycles. The number of primary amides is 1. The highest BCUT2D eigenvalue weighted by molar-refractivity contribution is 6.06. The molecule has 47 heavy (non-hydrogen) atoms. The number of para-hydroxylation sites is 2. The lowest BCUT2D eigenvalue weighted by Gasteiger charge is -2.27. The number of hydrogen-bond acceptors (Lipinski definition) is 9. The first-order valence-corrected chi connectivity index (χ1v) is 14.3. The number of nitrogens with one attached hydrogen (secondary N) is 1. The number of nitrogens with two attached hydrogens (primary N) is 1. The highest BCUT2D eigenvalue weighted by atomic mass is 16.5. The summed E-state index contributed by atoms with van der Waals surface area (Å²) in [5.74, 6) is -1.98. The molecule has 0 aliphatic heterocycles. The molecule has 12 nitrogen and oxygen atoms in total. The van der Waals surface area contributed by atoms with E-state index in [1.807, 2.05) is 18.2 Å². The number of esters is 2. The van der Waals surface area contributed by atoms with Crippen LogP contribution < -0.4 is 20.1 Å². The van der Waals surface area contributed by atoms with E-state index in [9.17, 15) is 24.3 Å². The van der Waals surface area contributed by atoms with Gasteiger partial charge in [-0.25, -0.2) is 9.59 Å². The van der Waals surface area contributed by atoms with E-state index < -0.39 is 23.9 Å². The van der Waals surface area contributed by atoms with Gasteiger partial charge in [0, 0.05) is 23.4 Å². The van der Waals surface area contributed by atoms with Crippen LogP contribution >= 0.6 is 0 Å². The van der Waals surface area contributed by atoms with Gasteiger partial charge in [-0.05, 0) is 55.5 Å². The topological polar surface area (TPSA) is 178 Å². The lowest BCUT2D eigenvalue weighted by atomic mass is 10.0. The van der Waals surface area contributed by atoms with E-state index >= 15 is 0 Å². The third-order valence-corrected chi connectivity index (χ3v) is 7.06. The van der Waals surface area contributed by atoms with Crippen LogP contribution in [0.4, 0.5) is 5.69 Å². The second kappa shape index (κ2) is 14.0. The number of H-pyrrole nitrogens is 1. The predicted octanol–water partition coefficient (Wildman–Crippen LogP) is 5.17. The molecule has 0 fully saturated rings. The molecule has 0 saturated carbocycles. The Kier molecular flexibility index (Phi) is 9.51. The zero-order chi connectivity index (χ0) is 33.5. The molecular weight excluding hydrogens is 602 g/mol. The zero-order valence-corrected chi connectivity index (χ0v) is 25.3. The van der Waals surface area contributed by atoms with E-state index in [0.29, 0.717) is 38.8 Å². The smallest absolute Gasteiger partial charge is 0.343 e. The number of rotatable bonds is 7. The number of phenols is 1. The van der Waals surface area contributed by atoms with E-state index in [1.54, 1.807) is 91.9 Å². The van der Waals surface area contributed by atoms with Gasteiger partial charge in [0.05, 0.1) is 11.1 Å². The van der Waals surface area contributed by atoms with Crippen LogP contribution in [0.1, 0.15) is 34.6 Å². The molecule has 1 heterocycles. The summed E-state index contributed by atoms with van der Waals surface area (Å²) in [6.45, 7) is 2.91. The highest BCUT2D eigenvalue weighted by Crippen LogP contribution is 2.36. The first-order valence-electron chi connectivity index (χ1n) is 14.3. The summed E-state index contributed by atoms with van der Waals surface area (Å²) < 4.78 is 10.8. The van der Waals surface area contributed by atoms with Gasteiger partial charge in [-0.2, -0.15) is 15.4 Å². The number of benzene rings is 5. The van der Waals surface area contributed by atoms with Gasteiger partial charge in [-0.1, -0.05) is 60.7 Å². The zero-order valence-electron chi connectivity index (χ0n) is 25.3. The van der Waals surface area contributed by atoms with Gasteiger partial charge in [-0.15, -0.1) is 0 Å². The van der Waals surface area contributed by atoms with E-state index in [-0.39, 0.29) is 23.0 Å². The number of aromatic amines is 1.